The number of hydrogen-bond acceptors (Lipinski definition) is 5. The third kappa shape index (κ3) is 3.69. The van der Waals surface area contributed by atoms with Crippen molar-refractivity contribution in [1.82, 2.24) is 10.3 Å². The fourth-order valence-corrected chi connectivity index (χ4v) is 2.16. The van der Waals surface area contributed by atoms with Crippen LogP contribution in [0.15, 0.2) is 29.8 Å². The van der Waals surface area contributed by atoms with Crippen LogP contribution in [0, 0.1) is 0 Å². The summed E-state index contributed by atoms with van der Waals surface area (Å²) in [5.41, 5.74) is 6.74. The van der Waals surface area contributed by atoms with Gasteiger partial charge in [-0.1, -0.05) is 0 Å². The predicted molar refractivity (Wildman–Crippen MR) is 75.3 cm³/mol. The van der Waals surface area contributed by atoms with Crippen LogP contribution in [0.3, 0.4) is 0 Å². The summed E-state index contributed by atoms with van der Waals surface area (Å²) in [5.74, 6) is 0.408. The van der Waals surface area contributed by atoms with Crippen LogP contribution in [0.25, 0.3) is 0 Å². The number of carbonyl (C=O) groups excluding carboxylic acids is 1. The predicted octanol–water partition coefficient (Wildman–Crippen LogP) is 2.05. The molecule has 0 bridgehead atoms. The maximum Gasteiger partial charge on any atom is 0.251 e. The Labute approximate surface area is 115 Å². The second-order valence-electron chi connectivity index (χ2n) is 3.83. The highest BCUT2D eigenvalue weighted by Gasteiger charge is 2.09. The van der Waals surface area contributed by atoms with Gasteiger partial charge in [0.15, 0.2) is 0 Å². The Morgan fingerprint density at radius 3 is 3.00 bits per heavy atom. The molecule has 19 heavy (non-hydrogen) atoms. The first-order valence-corrected chi connectivity index (χ1v) is 6.77. The number of carbonyl (C=O) groups is 1. The Morgan fingerprint density at radius 2 is 2.32 bits per heavy atom. The van der Waals surface area contributed by atoms with Gasteiger partial charge in [0, 0.05) is 28.9 Å². The van der Waals surface area contributed by atoms with E-state index in [-0.39, 0.29) is 5.91 Å². The van der Waals surface area contributed by atoms with Gasteiger partial charge in [0.25, 0.3) is 5.91 Å². The van der Waals surface area contributed by atoms with Crippen molar-refractivity contribution in [3.8, 4) is 5.75 Å². The minimum absolute atomic E-state index is 0.191. The van der Waals surface area contributed by atoms with E-state index < -0.39 is 0 Å². The molecule has 1 aromatic carbocycles. The number of amides is 1. The van der Waals surface area contributed by atoms with Gasteiger partial charge in [-0.25, -0.2) is 4.98 Å². The minimum Gasteiger partial charge on any atom is -0.494 e. The molecular formula is C13H15N3O2S. The van der Waals surface area contributed by atoms with Gasteiger partial charge in [0.05, 0.1) is 13.2 Å². The number of thiazole rings is 1. The molecule has 6 heteroatoms. The molecule has 5 nitrogen and oxygen atoms in total. The van der Waals surface area contributed by atoms with Crippen LogP contribution < -0.4 is 15.8 Å². The SMILES string of the molecule is CCOc1cc(N)cc(C(=O)NCc2nccs2)c1. The van der Waals surface area contributed by atoms with Crippen molar-refractivity contribution in [1.29, 1.82) is 0 Å². The molecule has 0 saturated heterocycles. The van der Waals surface area contributed by atoms with Crippen LogP contribution >= 0.6 is 11.3 Å². The quantitative estimate of drug-likeness (QED) is 0.820. The van der Waals surface area contributed by atoms with Gasteiger partial charge in [-0.15, -0.1) is 11.3 Å². The number of benzene rings is 1. The number of ether oxygens (including phenoxy) is 1. The second kappa shape index (κ2) is 6.19. The minimum atomic E-state index is -0.191. The lowest BCUT2D eigenvalue weighted by atomic mass is 10.1. The summed E-state index contributed by atoms with van der Waals surface area (Å²) >= 11 is 1.50. The van der Waals surface area contributed by atoms with E-state index in [4.69, 9.17) is 10.5 Å². The molecule has 1 heterocycles. The molecule has 0 saturated carbocycles. The molecular weight excluding hydrogens is 262 g/mol. The van der Waals surface area contributed by atoms with Crippen molar-refractivity contribution >= 4 is 22.9 Å². The normalized spacial score (nSPS) is 10.2. The van der Waals surface area contributed by atoms with E-state index in [1.54, 1.807) is 24.4 Å². The average molecular weight is 277 g/mol. The van der Waals surface area contributed by atoms with E-state index in [1.807, 2.05) is 12.3 Å². The zero-order valence-corrected chi connectivity index (χ0v) is 11.4. The van der Waals surface area contributed by atoms with Gasteiger partial charge in [-0.2, -0.15) is 0 Å². The van der Waals surface area contributed by atoms with Gasteiger partial charge >= 0.3 is 0 Å². The number of rotatable bonds is 5. The van der Waals surface area contributed by atoms with Crippen molar-refractivity contribution in [2.24, 2.45) is 0 Å². The Kier molecular flexibility index (Phi) is 4.35. The monoisotopic (exact) mass is 277 g/mol. The lowest BCUT2D eigenvalue weighted by Gasteiger charge is -2.08. The van der Waals surface area contributed by atoms with Gasteiger partial charge in [0.2, 0.25) is 0 Å². The largest absolute Gasteiger partial charge is 0.494 e. The van der Waals surface area contributed by atoms with Gasteiger partial charge < -0.3 is 15.8 Å². The highest BCUT2D eigenvalue weighted by Crippen LogP contribution is 2.19. The van der Waals surface area contributed by atoms with E-state index >= 15 is 0 Å². The van der Waals surface area contributed by atoms with Crippen LogP contribution in [0.4, 0.5) is 5.69 Å². The summed E-state index contributed by atoms with van der Waals surface area (Å²) in [7, 11) is 0. The second-order valence-corrected chi connectivity index (χ2v) is 4.81. The standard InChI is InChI=1S/C13H15N3O2S/c1-2-18-11-6-9(5-10(14)7-11)13(17)16-8-12-15-3-4-19-12/h3-7H,2,8,14H2,1H3,(H,16,17). The Balaban J connectivity index is 2.05. The molecule has 0 aliphatic rings. The molecule has 0 fully saturated rings. The molecule has 100 valence electrons. The summed E-state index contributed by atoms with van der Waals surface area (Å²) in [6, 6.07) is 5.00. The van der Waals surface area contributed by atoms with Crippen LogP contribution in [0.1, 0.15) is 22.3 Å². The van der Waals surface area contributed by atoms with Crippen molar-refractivity contribution in [3.05, 3.63) is 40.3 Å². The van der Waals surface area contributed by atoms with E-state index in [0.717, 1.165) is 5.01 Å². The van der Waals surface area contributed by atoms with Crippen LogP contribution in [-0.4, -0.2) is 17.5 Å². The van der Waals surface area contributed by atoms with Crippen molar-refractivity contribution in [3.63, 3.8) is 0 Å². The molecule has 0 radical (unpaired) electrons. The first-order valence-electron chi connectivity index (χ1n) is 5.89. The molecule has 1 amide bonds. The fraction of sp³-hybridized carbons (Fsp3) is 0.231. The maximum atomic E-state index is 12.0. The number of nitrogens with two attached hydrogens (primary N) is 1. The smallest absolute Gasteiger partial charge is 0.251 e. The summed E-state index contributed by atoms with van der Waals surface area (Å²) in [6.07, 6.45) is 1.71. The molecule has 3 N–H and O–H groups in total. The van der Waals surface area contributed by atoms with Gasteiger partial charge in [-0.05, 0) is 19.1 Å². The number of nitrogens with zero attached hydrogens (tertiary/aromatic N) is 1. The number of nitrogen functional groups attached to an aromatic ring is 1. The Hall–Kier alpha value is -2.08. The van der Waals surface area contributed by atoms with Crippen molar-refractivity contribution in [2.45, 2.75) is 13.5 Å². The number of anilines is 1. The number of hydrogen-bond donors (Lipinski definition) is 2. The van der Waals surface area contributed by atoms with E-state index in [1.165, 1.54) is 11.3 Å². The lowest BCUT2D eigenvalue weighted by Crippen LogP contribution is -2.22. The first-order chi connectivity index (χ1) is 9.19. The molecule has 2 aromatic rings. The molecule has 2 rings (SSSR count). The Morgan fingerprint density at radius 1 is 1.47 bits per heavy atom. The Bertz CT molecular complexity index is 555. The highest BCUT2D eigenvalue weighted by molar-refractivity contribution is 7.09. The topological polar surface area (TPSA) is 77.2 Å². The van der Waals surface area contributed by atoms with Crippen molar-refractivity contribution in [2.75, 3.05) is 12.3 Å². The molecule has 0 unspecified atom stereocenters. The van der Waals surface area contributed by atoms with Crippen LogP contribution in [-0.2, 0) is 6.54 Å². The molecule has 0 spiro atoms. The maximum absolute atomic E-state index is 12.0. The van der Waals surface area contributed by atoms with Gasteiger partial charge in [0.1, 0.15) is 10.8 Å². The zero-order chi connectivity index (χ0) is 13.7. The number of nitrogens with one attached hydrogen (secondary N) is 1. The molecule has 0 aliphatic carbocycles. The van der Waals surface area contributed by atoms with E-state index in [9.17, 15) is 4.79 Å². The zero-order valence-electron chi connectivity index (χ0n) is 10.6. The third-order valence-corrected chi connectivity index (χ3v) is 3.17. The lowest BCUT2D eigenvalue weighted by molar-refractivity contribution is 0.0950. The highest BCUT2D eigenvalue weighted by atomic mass is 32.1. The molecule has 1 aromatic heterocycles. The van der Waals surface area contributed by atoms with E-state index in [2.05, 4.69) is 10.3 Å². The number of aromatic nitrogens is 1. The summed E-state index contributed by atoms with van der Waals surface area (Å²) < 4.78 is 5.36. The van der Waals surface area contributed by atoms with Crippen molar-refractivity contribution < 1.29 is 9.53 Å². The average Bonchev–Trinajstić information content (AvgIpc) is 2.88. The first kappa shape index (κ1) is 13.4. The summed E-state index contributed by atoms with van der Waals surface area (Å²) in [6.45, 7) is 2.82. The summed E-state index contributed by atoms with van der Waals surface area (Å²) in [5, 5.41) is 5.53. The van der Waals surface area contributed by atoms with E-state index in [0.29, 0.717) is 30.2 Å². The molecule has 0 atom stereocenters. The van der Waals surface area contributed by atoms with Crippen LogP contribution in [0.5, 0.6) is 5.75 Å². The molecule has 0 aliphatic heterocycles. The third-order valence-electron chi connectivity index (χ3n) is 2.39. The van der Waals surface area contributed by atoms with Crippen LogP contribution in [0.2, 0.25) is 0 Å². The fourth-order valence-electron chi connectivity index (χ4n) is 1.60. The summed E-state index contributed by atoms with van der Waals surface area (Å²) in [4.78, 5) is 16.1. The van der Waals surface area contributed by atoms with Gasteiger partial charge in [-0.3, -0.25) is 4.79 Å².